The third-order valence-corrected chi connectivity index (χ3v) is 4.58. The van der Waals surface area contributed by atoms with Crippen molar-refractivity contribution in [3.8, 4) is 16.3 Å². The SMILES string of the molecule is CCOC(=O)c1sc(-c2cc(O)c3ccc(F)cc3c2)nc1C. The zero-order chi connectivity index (χ0) is 16.6. The highest BCUT2D eigenvalue weighted by atomic mass is 32.1. The fourth-order valence-electron chi connectivity index (χ4n) is 2.35. The number of carbonyl (C=O) groups excluding carboxylic acids is 1. The van der Waals surface area contributed by atoms with Crippen molar-refractivity contribution >= 4 is 28.1 Å². The highest BCUT2D eigenvalue weighted by molar-refractivity contribution is 7.17. The van der Waals surface area contributed by atoms with Gasteiger partial charge >= 0.3 is 5.97 Å². The van der Waals surface area contributed by atoms with Crippen molar-refractivity contribution in [2.75, 3.05) is 6.61 Å². The van der Waals surface area contributed by atoms with Gasteiger partial charge in [0.15, 0.2) is 0 Å². The predicted octanol–water partition coefficient (Wildman–Crippen LogP) is 4.29. The Morgan fingerprint density at radius 3 is 2.87 bits per heavy atom. The maximum atomic E-state index is 13.4. The molecule has 0 amide bonds. The van der Waals surface area contributed by atoms with Crippen LogP contribution in [-0.2, 0) is 4.74 Å². The van der Waals surface area contributed by atoms with Crippen LogP contribution in [0.3, 0.4) is 0 Å². The number of phenolic OH excluding ortho intramolecular Hbond substituents is 1. The molecule has 1 N–H and O–H groups in total. The van der Waals surface area contributed by atoms with Gasteiger partial charge in [0.1, 0.15) is 21.5 Å². The van der Waals surface area contributed by atoms with Gasteiger partial charge in [0.05, 0.1) is 12.3 Å². The second-order valence-electron chi connectivity index (χ2n) is 5.01. The number of ether oxygens (including phenoxy) is 1. The van der Waals surface area contributed by atoms with Crippen LogP contribution in [0.5, 0.6) is 5.75 Å². The first kappa shape index (κ1) is 15.4. The molecule has 6 heteroatoms. The van der Waals surface area contributed by atoms with E-state index >= 15 is 0 Å². The number of nitrogens with zero attached hydrogens (tertiary/aromatic N) is 1. The summed E-state index contributed by atoms with van der Waals surface area (Å²) < 4.78 is 18.4. The van der Waals surface area contributed by atoms with Gasteiger partial charge in [-0.25, -0.2) is 14.2 Å². The van der Waals surface area contributed by atoms with Gasteiger partial charge in [-0.05, 0) is 49.6 Å². The van der Waals surface area contributed by atoms with E-state index in [0.29, 0.717) is 38.5 Å². The lowest BCUT2D eigenvalue weighted by molar-refractivity contribution is 0.0531. The van der Waals surface area contributed by atoms with Crippen LogP contribution in [-0.4, -0.2) is 22.7 Å². The molecular formula is C17H14FNO3S. The molecule has 0 aliphatic rings. The molecule has 0 unspecified atom stereocenters. The molecular weight excluding hydrogens is 317 g/mol. The van der Waals surface area contributed by atoms with E-state index < -0.39 is 5.97 Å². The summed E-state index contributed by atoms with van der Waals surface area (Å²) in [6, 6.07) is 7.49. The molecule has 3 rings (SSSR count). The lowest BCUT2D eigenvalue weighted by atomic mass is 10.1. The largest absolute Gasteiger partial charge is 0.507 e. The smallest absolute Gasteiger partial charge is 0.350 e. The van der Waals surface area contributed by atoms with Gasteiger partial charge in [0.2, 0.25) is 0 Å². The number of carbonyl (C=O) groups is 1. The maximum Gasteiger partial charge on any atom is 0.350 e. The number of fused-ring (bicyclic) bond motifs is 1. The monoisotopic (exact) mass is 331 g/mol. The molecule has 1 heterocycles. The molecule has 0 atom stereocenters. The van der Waals surface area contributed by atoms with Gasteiger partial charge in [-0.3, -0.25) is 0 Å². The Morgan fingerprint density at radius 1 is 1.35 bits per heavy atom. The molecule has 1 aromatic heterocycles. The zero-order valence-corrected chi connectivity index (χ0v) is 13.4. The van der Waals surface area contributed by atoms with Crippen LogP contribution in [0.2, 0.25) is 0 Å². The fraction of sp³-hybridized carbons (Fsp3) is 0.176. The minimum atomic E-state index is -0.412. The standard InChI is InChI=1S/C17H14FNO3S/c1-3-22-17(21)15-9(2)19-16(23-15)11-6-10-7-12(18)4-5-13(10)14(20)8-11/h4-8,20H,3H2,1-2H3. The summed E-state index contributed by atoms with van der Waals surface area (Å²) in [6.07, 6.45) is 0. The van der Waals surface area contributed by atoms with Crippen molar-refractivity contribution in [3.05, 3.63) is 46.7 Å². The average Bonchev–Trinajstić information content (AvgIpc) is 2.89. The molecule has 0 bridgehead atoms. The Balaban J connectivity index is 2.10. The summed E-state index contributed by atoms with van der Waals surface area (Å²) in [5.41, 5.74) is 1.20. The first-order chi connectivity index (χ1) is 11.0. The third kappa shape index (κ3) is 2.90. The lowest BCUT2D eigenvalue weighted by Gasteiger charge is -2.04. The summed E-state index contributed by atoms with van der Waals surface area (Å²) in [5, 5.41) is 11.9. The molecule has 3 aromatic rings. The van der Waals surface area contributed by atoms with Gasteiger partial charge in [0.25, 0.3) is 0 Å². The number of rotatable bonds is 3. The van der Waals surface area contributed by atoms with Crippen LogP contribution in [0.25, 0.3) is 21.3 Å². The molecule has 0 fully saturated rings. The number of esters is 1. The van der Waals surface area contributed by atoms with E-state index in [1.165, 1.54) is 29.5 Å². The minimum absolute atomic E-state index is 0.0445. The summed E-state index contributed by atoms with van der Waals surface area (Å²) in [4.78, 5) is 16.7. The van der Waals surface area contributed by atoms with E-state index in [-0.39, 0.29) is 11.6 Å². The van der Waals surface area contributed by atoms with Crippen molar-refractivity contribution in [2.24, 2.45) is 0 Å². The summed E-state index contributed by atoms with van der Waals surface area (Å²) in [5.74, 6) is -0.746. The molecule has 23 heavy (non-hydrogen) atoms. The van der Waals surface area contributed by atoms with E-state index in [2.05, 4.69) is 4.98 Å². The van der Waals surface area contributed by atoms with Crippen LogP contribution in [0, 0.1) is 12.7 Å². The van der Waals surface area contributed by atoms with E-state index in [1.807, 2.05) is 0 Å². The maximum absolute atomic E-state index is 13.4. The number of benzene rings is 2. The Hall–Kier alpha value is -2.47. The van der Waals surface area contributed by atoms with Gasteiger partial charge < -0.3 is 9.84 Å². The van der Waals surface area contributed by atoms with E-state index in [1.54, 1.807) is 26.0 Å². The van der Waals surface area contributed by atoms with Crippen LogP contribution in [0.1, 0.15) is 22.3 Å². The highest BCUT2D eigenvalue weighted by Crippen LogP contribution is 2.35. The summed E-state index contributed by atoms with van der Waals surface area (Å²) in [6.45, 7) is 3.76. The van der Waals surface area contributed by atoms with Crippen molar-refractivity contribution in [3.63, 3.8) is 0 Å². The minimum Gasteiger partial charge on any atom is -0.507 e. The Kier molecular flexibility index (Phi) is 4.00. The predicted molar refractivity (Wildman–Crippen MR) is 87.4 cm³/mol. The number of aromatic nitrogens is 1. The summed E-state index contributed by atoms with van der Waals surface area (Å²) >= 11 is 1.19. The molecule has 0 aliphatic carbocycles. The molecule has 4 nitrogen and oxygen atoms in total. The topological polar surface area (TPSA) is 59.4 Å². The number of thiazole rings is 1. The van der Waals surface area contributed by atoms with Gasteiger partial charge in [-0.1, -0.05) is 0 Å². The highest BCUT2D eigenvalue weighted by Gasteiger charge is 2.18. The van der Waals surface area contributed by atoms with Gasteiger partial charge in [0, 0.05) is 10.9 Å². The molecule has 0 radical (unpaired) electrons. The molecule has 0 saturated heterocycles. The zero-order valence-electron chi connectivity index (χ0n) is 12.6. The Bertz CT molecular complexity index is 904. The normalized spacial score (nSPS) is 10.9. The molecule has 2 aromatic carbocycles. The van der Waals surface area contributed by atoms with E-state index in [9.17, 15) is 14.3 Å². The Morgan fingerprint density at radius 2 is 2.13 bits per heavy atom. The van der Waals surface area contributed by atoms with Crippen molar-refractivity contribution in [2.45, 2.75) is 13.8 Å². The average molecular weight is 331 g/mol. The first-order valence-electron chi connectivity index (χ1n) is 7.06. The van der Waals surface area contributed by atoms with E-state index in [4.69, 9.17) is 4.74 Å². The van der Waals surface area contributed by atoms with Crippen molar-refractivity contribution < 1.29 is 19.0 Å². The number of hydrogen-bond donors (Lipinski definition) is 1. The third-order valence-electron chi connectivity index (χ3n) is 3.40. The van der Waals surface area contributed by atoms with Gasteiger partial charge in [-0.15, -0.1) is 11.3 Å². The molecule has 0 saturated carbocycles. The number of hydrogen-bond acceptors (Lipinski definition) is 5. The Labute approximate surface area is 136 Å². The van der Waals surface area contributed by atoms with E-state index in [0.717, 1.165) is 0 Å². The second-order valence-corrected chi connectivity index (χ2v) is 6.01. The number of aromatic hydroxyl groups is 1. The fourth-order valence-corrected chi connectivity index (χ4v) is 3.30. The molecule has 0 spiro atoms. The van der Waals surface area contributed by atoms with Crippen molar-refractivity contribution in [1.29, 1.82) is 0 Å². The molecule has 118 valence electrons. The lowest BCUT2D eigenvalue weighted by Crippen LogP contribution is -2.03. The number of phenols is 1. The van der Waals surface area contributed by atoms with Crippen LogP contribution in [0.4, 0.5) is 4.39 Å². The summed E-state index contributed by atoms with van der Waals surface area (Å²) in [7, 11) is 0. The number of aryl methyl sites for hydroxylation is 1. The van der Waals surface area contributed by atoms with Crippen LogP contribution in [0.15, 0.2) is 30.3 Å². The quantitative estimate of drug-likeness (QED) is 0.727. The van der Waals surface area contributed by atoms with Gasteiger partial charge in [-0.2, -0.15) is 0 Å². The van der Waals surface area contributed by atoms with Crippen LogP contribution >= 0.6 is 11.3 Å². The van der Waals surface area contributed by atoms with Crippen molar-refractivity contribution in [1.82, 2.24) is 4.98 Å². The molecule has 0 aliphatic heterocycles. The van der Waals surface area contributed by atoms with Crippen LogP contribution < -0.4 is 0 Å². The first-order valence-corrected chi connectivity index (χ1v) is 7.88. The second kappa shape index (κ2) is 5.96. The number of halogens is 1.